The van der Waals surface area contributed by atoms with Crippen LogP contribution in [0.4, 0.5) is 0 Å². The van der Waals surface area contributed by atoms with Crippen LogP contribution in [-0.2, 0) is 0 Å². The van der Waals surface area contributed by atoms with Gasteiger partial charge in [0.15, 0.2) is 0 Å². The van der Waals surface area contributed by atoms with Crippen molar-refractivity contribution in [2.24, 2.45) is 0 Å². The number of aryl methyl sites for hydroxylation is 2. The van der Waals surface area contributed by atoms with Crippen molar-refractivity contribution in [2.75, 3.05) is 0 Å². The molecule has 0 aromatic carbocycles. The minimum atomic E-state index is -0.373. The Hall–Kier alpha value is -0.760. The Balaban J connectivity index is 3.13. The zero-order chi connectivity index (χ0) is 9.30. The maximum Gasteiger partial charge on any atom is 0.107 e. The molecule has 1 rings (SSSR count). The second-order valence-electron chi connectivity index (χ2n) is 3.18. The monoisotopic (exact) mass is 168 g/mol. The van der Waals surface area contributed by atoms with Crippen molar-refractivity contribution in [3.8, 4) is 0 Å². The van der Waals surface area contributed by atoms with Crippen molar-refractivity contribution in [1.29, 1.82) is 0 Å². The van der Waals surface area contributed by atoms with Gasteiger partial charge >= 0.3 is 0 Å². The molecule has 1 aromatic heterocycles. The predicted octanol–water partition coefficient (Wildman–Crippen LogP) is 2.65. The van der Waals surface area contributed by atoms with Crippen LogP contribution in [0.1, 0.15) is 42.1 Å². The van der Waals surface area contributed by atoms with E-state index in [-0.39, 0.29) is 6.10 Å². The molecule has 0 aliphatic heterocycles. The minimum Gasteiger partial charge on any atom is -0.466 e. The molecule has 0 saturated carbocycles. The molecule has 0 amide bonds. The van der Waals surface area contributed by atoms with Crippen LogP contribution in [-0.4, -0.2) is 5.11 Å². The van der Waals surface area contributed by atoms with Crippen LogP contribution in [0.5, 0.6) is 0 Å². The standard InChI is InChI=1S/C10H16O2/c1-5-9(11)10-6(2)7(3)12-8(10)4/h9,11H,5H2,1-4H3. The van der Waals surface area contributed by atoms with E-state index < -0.39 is 0 Å². The van der Waals surface area contributed by atoms with Gasteiger partial charge in [-0.1, -0.05) is 6.92 Å². The molecule has 0 radical (unpaired) electrons. The fraction of sp³-hybridized carbons (Fsp3) is 0.600. The van der Waals surface area contributed by atoms with Crippen molar-refractivity contribution in [3.63, 3.8) is 0 Å². The Morgan fingerprint density at radius 3 is 2.17 bits per heavy atom. The number of aliphatic hydroxyl groups is 1. The lowest BCUT2D eigenvalue weighted by Crippen LogP contribution is -1.97. The highest BCUT2D eigenvalue weighted by Crippen LogP contribution is 2.28. The molecule has 0 spiro atoms. The molecular formula is C10H16O2. The van der Waals surface area contributed by atoms with Gasteiger partial charge in [0.05, 0.1) is 6.10 Å². The normalized spacial score (nSPS) is 13.4. The van der Waals surface area contributed by atoms with E-state index in [0.29, 0.717) is 0 Å². The summed E-state index contributed by atoms with van der Waals surface area (Å²) in [6, 6.07) is 0. The van der Waals surface area contributed by atoms with Crippen LogP contribution in [0.3, 0.4) is 0 Å². The first-order valence-electron chi connectivity index (χ1n) is 4.32. The summed E-state index contributed by atoms with van der Waals surface area (Å²) in [5.41, 5.74) is 2.05. The molecule has 0 aliphatic rings. The Bertz CT molecular complexity index is 274. The van der Waals surface area contributed by atoms with Gasteiger partial charge in [0.25, 0.3) is 0 Å². The Kier molecular flexibility index (Phi) is 2.58. The zero-order valence-electron chi connectivity index (χ0n) is 8.14. The Morgan fingerprint density at radius 1 is 1.25 bits per heavy atom. The predicted molar refractivity (Wildman–Crippen MR) is 48.2 cm³/mol. The first-order valence-corrected chi connectivity index (χ1v) is 4.32. The third-order valence-corrected chi connectivity index (χ3v) is 2.34. The number of furan rings is 1. The molecule has 1 heterocycles. The van der Waals surface area contributed by atoms with Crippen molar-refractivity contribution in [2.45, 2.75) is 40.2 Å². The summed E-state index contributed by atoms with van der Waals surface area (Å²) < 4.78 is 5.41. The van der Waals surface area contributed by atoms with Gasteiger partial charge in [-0.05, 0) is 32.8 Å². The number of hydrogen-bond acceptors (Lipinski definition) is 2. The summed E-state index contributed by atoms with van der Waals surface area (Å²) in [6.07, 6.45) is 0.364. The van der Waals surface area contributed by atoms with Crippen LogP contribution in [0.2, 0.25) is 0 Å². The van der Waals surface area contributed by atoms with E-state index >= 15 is 0 Å². The van der Waals surface area contributed by atoms with Gasteiger partial charge in [0.1, 0.15) is 11.5 Å². The lowest BCUT2D eigenvalue weighted by molar-refractivity contribution is 0.171. The van der Waals surface area contributed by atoms with Crippen LogP contribution >= 0.6 is 0 Å². The zero-order valence-corrected chi connectivity index (χ0v) is 8.14. The molecule has 2 heteroatoms. The fourth-order valence-electron chi connectivity index (χ4n) is 1.50. The van der Waals surface area contributed by atoms with Gasteiger partial charge in [-0.3, -0.25) is 0 Å². The molecule has 0 fully saturated rings. The summed E-state index contributed by atoms with van der Waals surface area (Å²) in [7, 11) is 0. The molecule has 68 valence electrons. The van der Waals surface area contributed by atoms with Gasteiger partial charge in [0.2, 0.25) is 0 Å². The highest BCUT2D eigenvalue weighted by atomic mass is 16.3. The number of rotatable bonds is 2. The smallest absolute Gasteiger partial charge is 0.107 e. The molecule has 0 saturated heterocycles. The minimum absolute atomic E-state index is 0.373. The molecule has 0 aliphatic carbocycles. The Labute approximate surface area is 73.2 Å². The maximum absolute atomic E-state index is 9.64. The van der Waals surface area contributed by atoms with Crippen molar-refractivity contribution in [1.82, 2.24) is 0 Å². The third kappa shape index (κ3) is 1.39. The lowest BCUT2D eigenvalue weighted by atomic mass is 10.0. The van der Waals surface area contributed by atoms with E-state index in [0.717, 1.165) is 29.1 Å². The first-order chi connectivity index (χ1) is 5.57. The summed E-state index contributed by atoms with van der Waals surface area (Å²) in [4.78, 5) is 0. The van der Waals surface area contributed by atoms with Crippen molar-refractivity contribution < 1.29 is 9.52 Å². The molecule has 1 N–H and O–H groups in total. The summed E-state index contributed by atoms with van der Waals surface area (Å²) in [5, 5.41) is 9.64. The van der Waals surface area contributed by atoms with E-state index in [1.165, 1.54) is 0 Å². The molecule has 1 atom stereocenters. The SMILES string of the molecule is CCC(O)c1c(C)oc(C)c1C. The van der Waals surface area contributed by atoms with Gasteiger partial charge in [-0.25, -0.2) is 0 Å². The van der Waals surface area contributed by atoms with E-state index in [4.69, 9.17) is 4.42 Å². The molecule has 2 nitrogen and oxygen atoms in total. The van der Waals surface area contributed by atoms with E-state index in [9.17, 15) is 5.11 Å². The Morgan fingerprint density at radius 2 is 1.83 bits per heavy atom. The highest BCUT2D eigenvalue weighted by molar-refractivity contribution is 5.33. The van der Waals surface area contributed by atoms with Gasteiger partial charge in [0, 0.05) is 5.56 Å². The van der Waals surface area contributed by atoms with E-state index in [2.05, 4.69) is 0 Å². The highest BCUT2D eigenvalue weighted by Gasteiger charge is 2.16. The van der Waals surface area contributed by atoms with Crippen LogP contribution < -0.4 is 0 Å². The third-order valence-electron chi connectivity index (χ3n) is 2.34. The van der Waals surface area contributed by atoms with Crippen molar-refractivity contribution >= 4 is 0 Å². The number of hydrogen-bond donors (Lipinski definition) is 1. The number of aliphatic hydroxyl groups excluding tert-OH is 1. The maximum atomic E-state index is 9.64. The van der Waals surface area contributed by atoms with Crippen LogP contribution in [0.15, 0.2) is 4.42 Å². The van der Waals surface area contributed by atoms with Crippen LogP contribution in [0, 0.1) is 20.8 Å². The molecule has 1 aromatic rings. The van der Waals surface area contributed by atoms with Crippen LogP contribution in [0.25, 0.3) is 0 Å². The fourth-order valence-corrected chi connectivity index (χ4v) is 1.50. The van der Waals surface area contributed by atoms with Crippen molar-refractivity contribution in [3.05, 3.63) is 22.6 Å². The molecule has 1 unspecified atom stereocenters. The molecular weight excluding hydrogens is 152 g/mol. The first kappa shape index (κ1) is 9.33. The summed E-state index contributed by atoms with van der Waals surface area (Å²) in [6.45, 7) is 7.77. The quantitative estimate of drug-likeness (QED) is 0.736. The van der Waals surface area contributed by atoms with Gasteiger partial charge < -0.3 is 9.52 Å². The van der Waals surface area contributed by atoms with E-state index in [1.807, 2.05) is 27.7 Å². The second kappa shape index (κ2) is 3.31. The lowest BCUT2D eigenvalue weighted by Gasteiger charge is -2.06. The van der Waals surface area contributed by atoms with Gasteiger partial charge in [-0.15, -0.1) is 0 Å². The summed E-state index contributed by atoms with van der Waals surface area (Å²) in [5.74, 6) is 1.76. The second-order valence-corrected chi connectivity index (χ2v) is 3.18. The average Bonchev–Trinajstić information content (AvgIpc) is 2.26. The topological polar surface area (TPSA) is 33.4 Å². The van der Waals surface area contributed by atoms with Gasteiger partial charge in [-0.2, -0.15) is 0 Å². The largest absolute Gasteiger partial charge is 0.466 e. The van der Waals surface area contributed by atoms with E-state index in [1.54, 1.807) is 0 Å². The molecule has 0 bridgehead atoms. The summed E-state index contributed by atoms with van der Waals surface area (Å²) >= 11 is 0. The average molecular weight is 168 g/mol. The molecule has 12 heavy (non-hydrogen) atoms.